The lowest BCUT2D eigenvalue weighted by molar-refractivity contribution is 0.0940. The summed E-state index contributed by atoms with van der Waals surface area (Å²) in [6.07, 6.45) is 1.74. The van der Waals surface area contributed by atoms with Crippen molar-refractivity contribution in [3.63, 3.8) is 0 Å². The number of fused-ring (bicyclic) bond motifs is 1. The SMILES string of the molecule is CN(C)CCNC(=O)c1nc(C(=O)N(C)c2ccccc2)c2ccccn12. The van der Waals surface area contributed by atoms with Gasteiger partial charge in [-0.15, -0.1) is 0 Å². The van der Waals surface area contributed by atoms with Gasteiger partial charge in [-0.25, -0.2) is 4.98 Å². The van der Waals surface area contributed by atoms with Crippen molar-refractivity contribution in [2.75, 3.05) is 39.1 Å². The number of anilines is 1. The van der Waals surface area contributed by atoms with Crippen LogP contribution < -0.4 is 10.2 Å². The Kier molecular flexibility index (Phi) is 5.52. The van der Waals surface area contributed by atoms with E-state index < -0.39 is 0 Å². The van der Waals surface area contributed by atoms with Crippen LogP contribution in [0.5, 0.6) is 0 Å². The minimum atomic E-state index is -0.306. The molecule has 0 radical (unpaired) electrons. The lowest BCUT2D eigenvalue weighted by Gasteiger charge is -2.16. The Morgan fingerprint density at radius 3 is 2.44 bits per heavy atom. The van der Waals surface area contributed by atoms with Crippen LogP contribution in [0.4, 0.5) is 5.69 Å². The molecule has 0 saturated heterocycles. The molecule has 2 aromatic heterocycles. The van der Waals surface area contributed by atoms with E-state index in [1.165, 1.54) is 4.90 Å². The highest BCUT2D eigenvalue weighted by Gasteiger charge is 2.24. The number of nitrogens with one attached hydrogen (secondary N) is 1. The first-order valence-electron chi connectivity index (χ1n) is 8.72. The molecule has 3 aromatic rings. The van der Waals surface area contributed by atoms with Gasteiger partial charge in [-0.2, -0.15) is 0 Å². The summed E-state index contributed by atoms with van der Waals surface area (Å²) in [6.45, 7) is 1.22. The lowest BCUT2D eigenvalue weighted by Crippen LogP contribution is -2.32. The summed E-state index contributed by atoms with van der Waals surface area (Å²) in [7, 11) is 5.57. The Bertz CT molecular complexity index is 949. The van der Waals surface area contributed by atoms with E-state index in [9.17, 15) is 9.59 Å². The third kappa shape index (κ3) is 3.98. The molecular weight excluding hydrogens is 342 g/mol. The minimum absolute atomic E-state index is 0.203. The minimum Gasteiger partial charge on any atom is -0.348 e. The number of carbonyl (C=O) groups is 2. The molecule has 140 valence electrons. The second-order valence-corrected chi connectivity index (χ2v) is 6.50. The number of pyridine rings is 1. The molecule has 27 heavy (non-hydrogen) atoms. The third-order valence-electron chi connectivity index (χ3n) is 4.25. The fourth-order valence-electron chi connectivity index (χ4n) is 2.76. The van der Waals surface area contributed by atoms with Gasteiger partial charge in [0.15, 0.2) is 5.69 Å². The standard InChI is InChI=1S/C20H23N5O2/c1-23(2)14-12-21-19(26)18-22-17(16-11-7-8-13-25(16)18)20(27)24(3)15-9-5-4-6-10-15/h4-11,13H,12,14H2,1-3H3,(H,21,26). The number of benzene rings is 1. The fourth-order valence-corrected chi connectivity index (χ4v) is 2.76. The Labute approximate surface area is 158 Å². The van der Waals surface area contributed by atoms with E-state index in [2.05, 4.69) is 10.3 Å². The average molecular weight is 365 g/mol. The molecule has 0 spiro atoms. The van der Waals surface area contributed by atoms with Crippen LogP contribution in [-0.4, -0.2) is 60.3 Å². The van der Waals surface area contributed by atoms with Crippen LogP contribution in [0, 0.1) is 0 Å². The molecule has 0 aliphatic rings. The van der Waals surface area contributed by atoms with Gasteiger partial charge in [0.1, 0.15) is 0 Å². The quantitative estimate of drug-likeness (QED) is 0.724. The van der Waals surface area contributed by atoms with Crippen LogP contribution in [0.3, 0.4) is 0 Å². The van der Waals surface area contributed by atoms with Crippen LogP contribution >= 0.6 is 0 Å². The van der Waals surface area contributed by atoms with Gasteiger partial charge in [0, 0.05) is 32.0 Å². The number of carbonyl (C=O) groups excluding carboxylic acids is 2. The number of hydrogen-bond donors (Lipinski definition) is 1. The summed E-state index contributed by atoms with van der Waals surface area (Å²) in [4.78, 5) is 33.5. The van der Waals surface area contributed by atoms with Crippen molar-refractivity contribution in [3.8, 4) is 0 Å². The number of aromatic nitrogens is 2. The fraction of sp³-hybridized carbons (Fsp3) is 0.250. The summed E-state index contributed by atoms with van der Waals surface area (Å²) in [6, 6.07) is 14.8. The summed E-state index contributed by atoms with van der Waals surface area (Å²) in [5.74, 6) is -0.370. The Hall–Kier alpha value is -3.19. The van der Waals surface area contributed by atoms with Gasteiger partial charge in [-0.1, -0.05) is 24.3 Å². The normalized spacial score (nSPS) is 11.0. The third-order valence-corrected chi connectivity index (χ3v) is 4.25. The summed E-state index contributed by atoms with van der Waals surface area (Å²) in [5, 5.41) is 2.85. The first-order valence-corrected chi connectivity index (χ1v) is 8.72. The number of rotatable bonds is 6. The maximum absolute atomic E-state index is 13.0. The van der Waals surface area contributed by atoms with E-state index >= 15 is 0 Å². The molecule has 1 aromatic carbocycles. The summed E-state index contributed by atoms with van der Waals surface area (Å²) in [5.41, 5.74) is 1.61. The predicted molar refractivity (Wildman–Crippen MR) is 105 cm³/mol. The van der Waals surface area contributed by atoms with Crippen molar-refractivity contribution < 1.29 is 9.59 Å². The molecule has 0 unspecified atom stereocenters. The molecule has 3 rings (SSSR count). The zero-order valence-corrected chi connectivity index (χ0v) is 15.7. The molecule has 0 fully saturated rings. The van der Waals surface area contributed by atoms with Crippen molar-refractivity contribution in [1.29, 1.82) is 0 Å². The second-order valence-electron chi connectivity index (χ2n) is 6.50. The highest BCUT2D eigenvalue weighted by Crippen LogP contribution is 2.19. The van der Waals surface area contributed by atoms with Gasteiger partial charge in [-0.05, 0) is 38.4 Å². The molecule has 0 aliphatic carbocycles. The van der Waals surface area contributed by atoms with E-state index in [1.807, 2.05) is 55.4 Å². The molecule has 2 amide bonds. The Balaban J connectivity index is 1.92. The van der Waals surface area contributed by atoms with Gasteiger partial charge in [0.25, 0.3) is 11.8 Å². The monoisotopic (exact) mass is 365 g/mol. The molecule has 1 N–H and O–H groups in total. The average Bonchev–Trinajstić information content (AvgIpc) is 3.07. The van der Waals surface area contributed by atoms with Crippen molar-refractivity contribution in [2.45, 2.75) is 0 Å². The molecule has 0 bridgehead atoms. The van der Waals surface area contributed by atoms with Gasteiger partial charge < -0.3 is 15.1 Å². The number of imidazole rings is 1. The van der Waals surface area contributed by atoms with Gasteiger partial charge in [0.2, 0.25) is 5.82 Å². The number of para-hydroxylation sites is 1. The number of amides is 2. The predicted octanol–water partition coefficient (Wildman–Crippen LogP) is 1.90. The highest BCUT2D eigenvalue weighted by atomic mass is 16.2. The van der Waals surface area contributed by atoms with Crippen molar-refractivity contribution >= 4 is 23.0 Å². The summed E-state index contributed by atoms with van der Waals surface area (Å²) >= 11 is 0. The molecule has 7 heteroatoms. The molecule has 0 atom stereocenters. The van der Waals surface area contributed by atoms with E-state index in [1.54, 1.807) is 29.8 Å². The van der Waals surface area contributed by atoms with Crippen molar-refractivity contribution in [1.82, 2.24) is 19.6 Å². The lowest BCUT2D eigenvalue weighted by atomic mass is 10.2. The highest BCUT2D eigenvalue weighted by molar-refractivity contribution is 6.10. The smallest absolute Gasteiger partial charge is 0.287 e. The maximum atomic E-state index is 13.0. The molecule has 0 saturated carbocycles. The number of nitrogens with zero attached hydrogens (tertiary/aromatic N) is 4. The summed E-state index contributed by atoms with van der Waals surface area (Å²) < 4.78 is 1.65. The van der Waals surface area contributed by atoms with Gasteiger partial charge in [0.05, 0.1) is 5.52 Å². The molecule has 2 heterocycles. The van der Waals surface area contributed by atoms with E-state index in [0.29, 0.717) is 12.1 Å². The molecule has 0 aliphatic heterocycles. The zero-order valence-electron chi connectivity index (χ0n) is 15.7. The second kappa shape index (κ2) is 8.01. The molecular formula is C20H23N5O2. The molecule has 7 nitrogen and oxygen atoms in total. The van der Waals surface area contributed by atoms with Crippen LogP contribution in [-0.2, 0) is 0 Å². The van der Waals surface area contributed by atoms with E-state index in [0.717, 1.165) is 12.2 Å². The Morgan fingerprint density at radius 2 is 1.74 bits per heavy atom. The topological polar surface area (TPSA) is 70.0 Å². The van der Waals surface area contributed by atoms with Crippen LogP contribution in [0.15, 0.2) is 54.7 Å². The van der Waals surface area contributed by atoms with Gasteiger partial charge >= 0.3 is 0 Å². The first-order chi connectivity index (χ1) is 13.0. The number of hydrogen-bond acceptors (Lipinski definition) is 4. The number of likely N-dealkylation sites (N-methyl/N-ethyl adjacent to an activating group) is 1. The largest absolute Gasteiger partial charge is 0.348 e. The van der Waals surface area contributed by atoms with Crippen molar-refractivity contribution in [2.24, 2.45) is 0 Å². The first kappa shape index (κ1) is 18.6. The van der Waals surface area contributed by atoms with Gasteiger partial charge in [-0.3, -0.25) is 14.0 Å². The zero-order chi connectivity index (χ0) is 19.4. The van der Waals surface area contributed by atoms with Crippen LogP contribution in [0.1, 0.15) is 21.1 Å². The van der Waals surface area contributed by atoms with E-state index in [4.69, 9.17) is 0 Å². The Morgan fingerprint density at radius 1 is 1.04 bits per heavy atom. The van der Waals surface area contributed by atoms with Crippen LogP contribution in [0.2, 0.25) is 0 Å². The maximum Gasteiger partial charge on any atom is 0.287 e. The van der Waals surface area contributed by atoms with E-state index in [-0.39, 0.29) is 23.3 Å². The van der Waals surface area contributed by atoms with Crippen molar-refractivity contribution in [3.05, 3.63) is 66.2 Å². The van der Waals surface area contributed by atoms with Crippen LogP contribution in [0.25, 0.3) is 5.52 Å².